The smallest absolute Gasteiger partial charge is 0.407 e. The molecule has 0 spiro atoms. The Morgan fingerprint density at radius 2 is 1.81 bits per heavy atom. The molecule has 0 saturated carbocycles. The number of hydrogen-bond acceptors (Lipinski definition) is 6. The number of nitrogens with zero attached hydrogens (tertiary/aromatic N) is 6. The first-order valence-electron chi connectivity index (χ1n) is 12.0. The molecular weight excluding hydrogens is 454 g/mol. The number of rotatable bonds is 5. The number of nitrogens with one attached hydrogen (secondary N) is 1. The Balaban J connectivity index is 1.18. The highest BCUT2D eigenvalue weighted by Crippen LogP contribution is 2.24. The van der Waals surface area contributed by atoms with E-state index in [1.807, 2.05) is 53.2 Å². The van der Waals surface area contributed by atoms with Gasteiger partial charge in [-0.1, -0.05) is 29.5 Å². The van der Waals surface area contributed by atoms with Crippen LogP contribution in [0.1, 0.15) is 18.4 Å². The number of fused-ring (bicyclic) bond motifs is 2. The van der Waals surface area contributed by atoms with Gasteiger partial charge in [0.25, 0.3) is 0 Å². The summed E-state index contributed by atoms with van der Waals surface area (Å²) in [6, 6.07) is 22.6. The van der Waals surface area contributed by atoms with Gasteiger partial charge in [0.05, 0.1) is 17.8 Å². The monoisotopic (exact) mass is 479 g/mol. The topological polar surface area (TPSA) is 109 Å². The van der Waals surface area contributed by atoms with Crippen LogP contribution in [0.4, 0.5) is 10.5 Å². The minimum absolute atomic E-state index is 0.271. The van der Waals surface area contributed by atoms with E-state index in [2.05, 4.69) is 38.8 Å². The van der Waals surface area contributed by atoms with Crippen molar-refractivity contribution in [1.82, 2.24) is 29.9 Å². The quantitative estimate of drug-likeness (QED) is 0.378. The van der Waals surface area contributed by atoms with Crippen molar-refractivity contribution in [3.63, 3.8) is 0 Å². The lowest BCUT2D eigenvalue weighted by molar-refractivity contribution is 0.134. The summed E-state index contributed by atoms with van der Waals surface area (Å²) < 4.78 is 1.83. The molecule has 1 fully saturated rings. The van der Waals surface area contributed by atoms with Crippen molar-refractivity contribution in [1.29, 1.82) is 0 Å². The molecule has 9 heteroatoms. The fourth-order valence-electron chi connectivity index (χ4n) is 4.71. The maximum atomic E-state index is 11.1. The third kappa shape index (κ3) is 4.43. The average molecular weight is 480 g/mol. The lowest BCUT2D eigenvalue weighted by Crippen LogP contribution is -2.41. The molecule has 3 aromatic heterocycles. The highest BCUT2D eigenvalue weighted by molar-refractivity contribution is 5.79. The van der Waals surface area contributed by atoms with E-state index in [1.165, 1.54) is 4.90 Å². The number of likely N-dealkylation sites (tertiary alicyclic amines) is 1. The van der Waals surface area contributed by atoms with Gasteiger partial charge in [0.1, 0.15) is 5.52 Å². The molecule has 0 bridgehead atoms. The predicted molar refractivity (Wildman–Crippen MR) is 138 cm³/mol. The highest BCUT2D eigenvalue weighted by atomic mass is 16.4. The number of anilines is 1. The van der Waals surface area contributed by atoms with Crippen LogP contribution in [0.15, 0.2) is 72.9 Å². The molecule has 1 aliphatic rings. The lowest BCUT2D eigenvalue weighted by atomic mass is 10.0. The first kappa shape index (κ1) is 22.0. The van der Waals surface area contributed by atoms with Crippen molar-refractivity contribution < 1.29 is 9.90 Å². The Bertz CT molecular complexity index is 1540. The Morgan fingerprint density at radius 3 is 2.61 bits per heavy atom. The second-order valence-corrected chi connectivity index (χ2v) is 9.08. The molecule has 0 atom stereocenters. The number of carbonyl (C=O) groups is 1. The molecular formula is C27H25N7O2. The van der Waals surface area contributed by atoms with E-state index >= 15 is 0 Å². The van der Waals surface area contributed by atoms with Gasteiger partial charge < -0.3 is 15.3 Å². The van der Waals surface area contributed by atoms with E-state index in [4.69, 9.17) is 10.1 Å². The maximum absolute atomic E-state index is 11.1. The van der Waals surface area contributed by atoms with Crippen molar-refractivity contribution in [3.8, 4) is 11.3 Å². The standard InChI is InChI=1S/C27H25N7O2/c35-27(36)33-14-11-22(12-15-33)29-21-6-4-19(5-7-21)24-9-10-25-26(30-24)34(32-31-25)17-18-3-8-23-20(16-18)2-1-13-28-23/h1-10,13,16,22,29H,11-12,14-15,17H2,(H,35,36). The summed E-state index contributed by atoms with van der Waals surface area (Å²) in [5, 5.41) is 22.4. The summed E-state index contributed by atoms with van der Waals surface area (Å²) >= 11 is 0. The molecule has 0 aliphatic carbocycles. The summed E-state index contributed by atoms with van der Waals surface area (Å²) in [7, 11) is 0. The van der Waals surface area contributed by atoms with Crippen LogP contribution >= 0.6 is 0 Å². The third-order valence-electron chi connectivity index (χ3n) is 6.68. The van der Waals surface area contributed by atoms with Crippen LogP contribution in [-0.4, -0.2) is 60.2 Å². The zero-order valence-electron chi connectivity index (χ0n) is 19.6. The lowest BCUT2D eigenvalue weighted by Gasteiger charge is -2.31. The third-order valence-corrected chi connectivity index (χ3v) is 6.68. The van der Waals surface area contributed by atoms with Gasteiger partial charge in [-0.05, 0) is 60.9 Å². The Morgan fingerprint density at radius 1 is 1.00 bits per heavy atom. The SMILES string of the molecule is O=C(O)N1CCC(Nc2ccc(-c3ccc4nnn(Cc5ccc6ncccc6c5)c4n3)cc2)CC1. The number of pyridine rings is 2. The Kier molecular flexibility index (Phi) is 5.65. The largest absolute Gasteiger partial charge is 0.465 e. The van der Waals surface area contributed by atoms with Crippen LogP contribution in [0.25, 0.3) is 33.3 Å². The van der Waals surface area contributed by atoms with E-state index in [9.17, 15) is 4.79 Å². The zero-order valence-corrected chi connectivity index (χ0v) is 19.6. The number of aromatic nitrogens is 5. The van der Waals surface area contributed by atoms with Crippen LogP contribution in [0.3, 0.4) is 0 Å². The summed E-state index contributed by atoms with van der Waals surface area (Å²) in [6.07, 6.45) is 2.56. The first-order chi connectivity index (χ1) is 17.6. The molecule has 9 nitrogen and oxygen atoms in total. The van der Waals surface area contributed by atoms with Gasteiger partial charge in [0.2, 0.25) is 0 Å². The van der Waals surface area contributed by atoms with Gasteiger partial charge in [-0.15, -0.1) is 5.10 Å². The Labute approximate surface area is 207 Å². The van der Waals surface area contributed by atoms with Crippen molar-refractivity contribution >= 4 is 33.8 Å². The summed E-state index contributed by atoms with van der Waals surface area (Å²) in [4.78, 5) is 21.8. The van der Waals surface area contributed by atoms with E-state index in [-0.39, 0.29) is 6.04 Å². The van der Waals surface area contributed by atoms with Crippen LogP contribution < -0.4 is 5.32 Å². The molecule has 2 aromatic carbocycles. The van der Waals surface area contributed by atoms with E-state index in [0.29, 0.717) is 19.6 Å². The number of amides is 1. The predicted octanol–water partition coefficient (Wildman–Crippen LogP) is 4.64. The van der Waals surface area contributed by atoms with Crippen LogP contribution in [0, 0.1) is 0 Å². The molecule has 0 unspecified atom stereocenters. The molecule has 0 radical (unpaired) electrons. The number of benzene rings is 2. The number of carboxylic acid groups (broad SMARTS) is 1. The second kappa shape index (κ2) is 9.26. The molecule has 180 valence electrons. The van der Waals surface area contributed by atoms with E-state index < -0.39 is 6.09 Å². The van der Waals surface area contributed by atoms with Crippen LogP contribution in [-0.2, 0) is 6.54 Å². The average Bonchev–Trinajstić information content (AvgIpc) is 3.31. The molecule has 2 N–H and O–H groups in total. The van der Waals surface area contributed by atoms with Crippen molar-refractivity contribution in [3.05, 3.63) is 78.5 Å². The van der Waals surface area contributed by atoms with Crippen LogP contribution in [0.5, 0.6) is 0 Å². The molecule has 36 heavy (non-hydrogen) atoms. The molecule has 4 heterocycles. The zero-order chi connectivity index (χ0) is 24.5. The maximum Gasteiger partial charge on any atom is 0.407 e. The van der Waals surface area contributed by atoms with Gasteiger partial charge in [-0.2, -0.15) is 0 Å². The minimum atomic E-state index is -0.839. The summed E-state index contributed by atoms with van der Waals surface area (Å²) in [5.74, 6) is 0. The first-order valence-corrected chi connectivity index (χ1v) is 12.0. The van der Waals surface area contributed by atoms with Crippen LogP contribution in [0.2, 0.25) is 0 Å². The van der Waals surface area contributed by atoms with Crippen molar-refractivity contribution in [2.75, 3.05) is 18.4 Å². The van der Waals surface area contributed by atoms with E-state index in [0.717, 1.165) is 57.4 Å². The second-order valence-electron chi connectivity index (χ2n) is 9.08. The summed E-state index contributed by atoms with van der Waals surface area (Å²) in [5.41, 5.74) is 6.46. The molecule has 1 aliphatic heterocycles. The van der Waals surface area contributed by atoms with Gasteiger partial charge >= 0.3 is 6.09 Å². The van der Waals surface area contributed by atoms with Gasteiger partial charge in [-0.25, -0.2) is 14.5 Å². The Hall–Kier alpha value is -4.53. The number of hydrogen-bond donors (Lipinski definition) is 2. The van der Waals surface area contributed by atoms with Crippen molar-refractivity contribution in [2.24, 2.45) is 0 Å². The fourth-order valence-corrected chi connectivity index (χ4v) is 4.71. The van der Waals surface area contributed by atoms with Crippen molar-refractivity contribution in [2.45, 2.75) is 25.4 Å². The van der Waals surface area contributed by atoms with Gasteiger partial charge in [-0.3, -0.25) is 4.98 Å². The molecule has 1 amide bonds. The minimum Gasteiger partial charge on any atom is -0.465 e. The number of piperidine rings is 1. The summed E-state index contributed by atoms with van der Waals surface area (Å²) in [6.45, 7) is 1.70. The van der Waals surface area contributed by atoms with Gasteiger partial charge in [0.15, 0.2) is 5.65 Å². The highest BCUT2D eigenvalue weighted by Gasteiger charge is 2.22. The van der Waals surface area contributed by atoms with E-state index in [1.54, 1.807) is 6.20 Å². The van der Waals surface area contributed by atoms with Gasteiger partial charge in [0, 0.05) is 42.0 Å². The fraction of sp³-hybridized carbons (Fsp3) is 0.222. The normalized spacial score (nSPS) is 14.4. The molecule has 1 saturated heterocycles. The molecule has 5 aromatic rings. The molecule has 6 rings (SSSR count).